The molecular weight excluding hydrogens is 741 g/mol. The lowest BCUT2D eigenvalue weighted by atomic mass is 9.98. The fraction of sp³-hybridized carbons (Fsp3) is 0.357. The van der Waals surface area contributed by atoms with Crippen molar-refractivity contribution >= 4 is 62.6 Å². The van der Waals surface area contributed by atoms with Gasteiger partial charge in [-0.1, -0.05) is 29.3 Å². The molecule has 0 unspecified atom stereocenters. The van der Waals surface area contributed by atoms with Crippen LogP contribution in [-0.2, 0) is 34.3 Å². The molecule has 55 heavy (non-hydrogen) atoms. The molecule has 0 saturated carbocycles. The van der Waals surface area contributed by atoms with E-state index in [0.29, 0.717) is 47.9 Å². The van der Waals surface area contributed by atoms with E-state index in [1.54, 1.807) is 18.1 Å². The average Bonchev–Trinajstić information content (AvgIpc) is 3.81. The van der Waals surface area contributed by atoms with E-state index in [4.69, 9.17) is 47.2 Å². The highest BCUT2D eigenvalue weighted by Crippen LogP contribution is 2.45. The number of aromatic amines is 1. The third-order valence-electron chi connectivity index (χ3n) is 10.5. The van der Waals surface area contributed by atoms with Gasteiger partial charge in [0.15, 0.2) is 0 Å². The van der Waals surface area contributed by atoms with E-state index < -0.39 is 5.97 Å². The molecule has 3 aromatic heterocycles. The Morgan fingerprint density at radius 3 is 2.44 bits per heavy atom. The number of hydrogen-bond donors (Lipinski definition) is 1. The summed E-state index contributed by atoms with van der Waals surface area (Å²) in [7, 11) is 4.83. The maximum Gasteiger partial charge on any atom is 0.354 e. The van der Waals surface area contributed by atoms with Gasteiger partial charge in [0.2, 0.25) is 0 Å². The number of esters is 1. The van der Waals surface area contributed by atoms with Gasteiger partial charge in [-0.25, -0.2) is 4.79 Å². The molecule has 0 spiro atoms. The molecule has 13 heteroatoms. The predicted molar refractivity (Wildman–Crippen MR) is 216 cm³/mol. The minimum atomic E-state index is -0.503. The van der Waals surface area contributed by atoms with E-state index in [1.807, 2.05) is 75.8 Å². The van der Waals surface area contributed by atoms with E-state index in [9.17, 15) is 4.79 Å². The third kappa shape index (κ3) is 6.88. The van der Waals surface area contributed by atoms with Crippen molar-refractivity contribution < 1.29 is 28.5 Å². The molecule has 3 aromatic carbocycles. The van der Waals surface area contributed by atoms with Crippen LogP contribution in [0.5, 0.6) is 5.75 Å². The van der Waals surface area contributed by atoms with Gasteiger partial charge in [-0.3, -0.25) is 9.48 Å². The van der Waals surface area contributed by atoms with Crippen LogP contribution in [0.3, 0.4) is 0 Å². The van der Waals surface area contributed by atoms with Crippen molar-refractivity contribution in [2.45, 2.75) is 60.1 Å². The normalized spacial score (nSPS) is 14.3. The molecule has 1 amide bonds. The van der Waals surface area contributed by atoms with Gasteiger partial charge >= 0.3 is 5.97 Å². The van der Waals surface area contributed by atoms with Crippen LogP contribution in [0.4, 0.5) is 5.69 Å². The van der Waals surface area contributed by atoms with E-state index in [2.05, 4.69) is 16.5 Å². The van der Waals surface area contributed by atoms with Crippen LogP contribution in [0.1, 0.15) is 74.0 Å². The highest BCUT2D eigenvalue weighted by molar-refractivity contribution is 6.35. The first-order chi connectivity index (χ1) is 26.3. The van der Waals surface area contributed by atoms with Gasteiger partial charge in [0.05, 0.1) is 47.8 Å². The zero-order valence-electron chi connectivity index (χ0n) is 32.4. The largest absolute Gasteiger partial charge is 0.494 e. The first kappa shape index (κ1) is 38.5. The smallest absolute Gasteiger partial charge is 0.354 e. The quantitative estimate of drug-likeness (QED) is 0.0748. The number of hydrogen-bond acceptors (Lipinski definition) is 7. The molecule has 7 rings (SSSR count). The number of carbonyl (C=O) groups is 2. The summed E-state index contributed by atoms with van der Waals surface area (Å²) in [6.45, 7) is 11.2. The molecule has 1 aliphatic rings. The standard InChI is InChI=1S/C42H45Cl2N5O6/c1-22-14-29(15-23(2)37(22)44)55-13-9-10-30-31-11-12-32(43)36(35-25(4)46-47(6)26(35)5)39(31)49-24(3)19-48(41(50)40(30)49)34-17-27(20-54-21-52-7)16-28-18-33(42(51)53-8)45-38(28)34/h11-12,14-18,24,45H,9-10,13,19-21H2,1-8H3/t24-/m1/s1. The summed E-state index contributed by atoms with van der Waals surface area (Å²) in [4.78, 5) is 33.0. The van der Waals surface area contributed by atoms with Gasteiger partial charge in [-0.15, -0.1) is 0 Å². The summed E-state index contributed by atoms with van der Waals surface area (Å²) in [5.41, 5.74) is 10.4. The molecule has 0 bridgehead atoms. The number of methoxy groups -OCH3 is 2. The van der Waals surface area contributed by atoms with Crippen LogP contribution in [0.25, 0.3) is 32.9 Å². The lowest BCUT2D eigenvalue weighted by molar-refractivity contribution is -0.0390. The highest BCUT2D eigenvalue weighted by atomic mass is 35.5. The van der Waals surface area contributed by atoms with Crippen molar-refractivity contribution in [2.24, 2.45) is 7.05 Å². The Morgan fingerprint density at radius 1 is 1.02 bits per heavy atom. The Labute approximate surface area is 330 Å². The van der Waals surface area contributed by atoms with Crippen molar-refractivity contribution in [1.29, 1.82) is 0 Å². The minimum absolute atomic E-state index is 0.110. The van der Waals surface area contributed by atoms with Crippen LogP contribution in [0.15, 0.2) is 42.5 Å². The summed E-state index contributed by atoms with van der Waals surface area (Å²) >= 11 is 13.5. The molecule has 288 valence electrons. The maximum atomic E-state index is 15.3. The fourth-order valence-electron chi connectivity index (χ4n) is 7.98. The molecule has 6 aromatic rings. The Morgan fingerprint density at radius 2 is 1.76 bits per heavy atom. The molecule has 0 radical (unpaired) electrons. The van der Waals surface area contributed by atoms with Crippen LogP contribution < -0.4 is 9.64 Å². The van der Waals surface area contributed by atoms with Crippen LogP contribution in [-0.4, -0.2) is 65.4 Å². The third-order valence-corrected chi connectivity index (χ3v) is 11.4. The first-order valence-corrected chi connectivity index (χ1v) is 19.0. The van der Waals surface area contributed by atoms with Gasteiger partial charge < -0.3 is 33.4 Å². The molecule has 0 fully saturated rings. The zero-order chi connectivity index (χ0) is 39.3. The second-order valence-corrected chi connectivity index (χ2v) is 15.1. The Kier molecular flexibility index (Phi) is 10.8. The van der Waals surface area contributed by atoms with Gasteiger partial charge in [0, 0.05) is 59.4 Å². The molecule has 11 nitrogen and oxygen atoms in total. The minimum Gasteiger partial charge on any atom is -0.494 e. The number of halogens is 2. The molecule has 1 N–H and O–H groups in total. The summed E-state index contributed by atoms with van der Waals surface area (Å²) < 4.78 is 26.1. The van der Waals surface area contributed by atoms with Crippen LogP contribution >= 0.6 is 23.2 Å². The number of aryl methyl sites for hydroxylation is 5. The topological polar surface area (TPSA) is 113 Å². The zero-order valence-corrected chi connectivity index (χ0v) is 33.9. The number of aromatic nitrogens is 4. The highest BCUT2D eigenvalue weighted by Gasteiger charge is 2.37. The number of carbonyl (C=O) groups excluding carboxylic acids is 2. The monoisotopic (exact) mass is 785 g/mol. The molecule has 4 heterocycles. The number of benzene rings is 3. The van der Waals surface area contributed by atoms with Crippen molar-refractivity contribution in [3.05, 3.63) is 97.5 Å². The van der Waals surface area contributed by atoms with Gasteiger partial charge in [0.25, 0.3) is 5.91 Å². The summed E-state index contributed by atoms with van der Waals surface area (Å²) in [5, 5.41) is 7.75. The van der Waals surface area contributed by atoms with Crippen LogP contribution in [0.2, 0.25) is 10.0 Å². The number of amides is 1. The van der Waals surface area contributed by atoms with Crippen LogP contribution in [0, 0.1) is 27.7 Å². The van der Waals surface area contributed by atoms with Gasteiger partial charge in [0.1, 0.15) is 23.9 Å². The molecular formula is C42H45Cl2N5O6. The predicted octanol–water partition coefficient (Wildman–Crippen LogP) is 9.20. The molecule has 1 atom stereocenters. The Bertz CT molecular complexity index is 2460. The number of anilines is 1. The number of fused-ring (bicyclic) bond motifs is 4. The number of rotatable bonds is 12. The molecule has 0 aliphatic carbocycles. The number of ether oxygens (including phenoxy) is 4. The summed E-state index contributed by atoms with van der Waals surface area (Å²) in [6, 6.07) is 13.3. The average molecular weight is 787 g/mol. The molecule has 1 aliphatic heterocycles. The first-order valence-electron chi connectivity index (χ1n) is 18.2. The van der Waals surface area contributed by atoms with E-state index in [0.717, 1.165) is 71.8 Å². The Balaban J connectivity index is 1.38. The lowest BCUT2D eigenvalue weighted by Gasteiger charge is -2.35. The van der Waals surface area contributed by atoms with Gasteiger partial charge in [-0.2, -0.15) is 5.10 Å². The number of nitrogens with one attached hydrogen (secondary N) is 1. The van der Waals surface area contributed by atoms with Crippen molar-refractivity contribution in [3.63, 3.8) is 0 Å². The van der Waals surface area contributed by atoms with Crippen molar-refractivity contribution in [3.8, 4) is 16.9 Å². The number of nitrogens with zero attached hydrogens (tertiary/aromatic N) is 4. The molecule has 0 saturated heterocycles. The second-order valence-electron chi connectivity index (χ2n) is 14.3. The lowest BCUT2D eigenvalue weighted by Crippen LogP contribution is -2.43. The SMILES string of the molecule is COCOCc1cc(N2C[C@@H](C)n3c(c(CCCOc4cc(C)c(Cl)c(C)c4)c4ccc(Cl)c(-c5c(C)nn(C)c5C)c43)C2=O)c2[nH]c(C(=O)OC)cc2c1. The van der Waals surface area contributed by atoms with E-state index >= 15 is 4.79 Å². The fourth-order valence-corrected chi connectivity index (χ4v) is 8.34. The summed E-state index contributed by atoms with van der Waals surface area (Å²) in [6.07, 6.45) is 1.21. The van der Waals surface area contributed by atoms with Crippen molar-refractivity contribution in [1.82, 2.24) is 19.3 Å². The maximum absolute atomic E-state index is 15.3. The number of H-pyrrole nitrogens is 1. The van der Waals surface area contributed by atoms with Crippen molar-refractivity contribution in [2.75, 3.05) is 39.1 Å². The van der Waals surface area contributed by atoms with E-state index in [-0.39, 0.29) is 31.0 Å². The summed E-state index contributed by atoms with van der Waals surface area (Å²) in [5.74, 6) is 0.0873. The second kappa shape index (κ2) is 15.4. The van der Waals surface area contributed by atoms with Gasteiger partial charge in [-0.05, 0) is 106 Å². The Hall–Kier alpha value is -4.81. The van der Waals surface area contributed by atoms with E-state index in [1.165, 1.54) is 7.11 Å².